The van der Waals surface area contributed by atoms with Crippen molar-refractivity contribution >= 4 is 41.0 Å². The first kappa shape index (κ1) is 70.7. The number of halogens is 3. The van der Waals surface area contributed by atoms with E-state index in [0.717, 1.165) is 17.4 Å². The summed E-state index contributed by atoms with van der Waals surface area (Å²) in [5, 5.41) is 84.5. The van der Waals surface area contributed by atoms with Crippen LogP contribution in [-0.4, -0.2) is 184 Å². The largest absolute Gasteiger partial charge is 0.390 e. The number of carbonyl (C=O) groups is 7. The molecule has 0 bridgehead atoms. The third kappa shape index (κ3) is 8.93. The summed E-state index contributed by atoms with van der Waals surface area (Å²) in [6, 6.07) is 0. The van der Waals surface area contributed by atoms with Gasteiger partial charge in [0.15, 0.2) is 80.6 Å². The van der Waals surface area contributed by atoms with Crippen molar-refractivity contribution in [1.82, 2.24) is 0 Å². The van der Waals surface area contributed by atoms with Crippen molar-refractivity contribution in [3.05, 3.63) is 71.4 Å². The van der Waals surface area contributed by atoms with Crippen LogP contribution in [0, 0.1) is 68.0 Å². The molecular weight excluding hydrogens is 1230 g/mol. The van der Waals surface area contributed by atoms with Crippen molar-refractivity contribution < 1.29 is 107 Å². The summed E-state index contributed by atoms with van der Waals surface area (Å²) >= 11 is 0. The maximum absolute atomic E-state index is 17.1. The Bertz CT molecular complexity index is 3380. The maximum atomic E-state index is 17.1. The first-order chi connectivity index (χ1) is 43.8. The number of hydrogen-bond donors (Lipinski definition) is 8. The molecule has 14 aliphatic rings. The second-order valence-corrected chi connectivity index (χ2v) is 31.3. The van der Waals surface area contributed by atoms with E-state index >= 15 is 13.2 Å². The molecule has 518 valence electrons. The van der Waals surface area contributed by atoms with Crippen molar-refractivity contribution in [1.29, 1.82) is 0 Å². The molecule has 2 aliphatic heterocycles. The highest BCUT2D eigenvalue weighted by Gasteiger charge is 2.82. The Morgan fingerprint density at radius 2 is 0.883 bits per heavy atom. The standard InChI is InChI=1S/2C24H31FO6.C21H27FO6.C3H6O/c1-20(2)30-19-10-16-15-6-5-13-9-14(27)7-8-21(13,3)23(15,25)17(28)11-22(16,4)24(19,31-20)18(29)12-26;1-4-20-30-19-10-16-15-6-5-13-9-14(27)7-8-21(13,2)23(15,25)17(28)11-22(16,3)24(19,31-20)18(29)12-26;1-18-6-5-12(24)7-11(18)3-4-13-14-8-15(25)21(28,17(27)10-23)19(14,2)9-16(26)20(13,18)22;1-2-3-4/h7-9,15-17,19,26,28H,5-6,10-12H2,1-4H3;7-9,15-17,19-20,26,28H,4-6,10-12H2,1-3H3;5-7,13-16,23,25-26,28H,3-4,8-10H2,1-2H3;3H,2H2,1H3/t15-,16-,17-,19+,21-,22-,23-,24+;15-,16-,17-,19+,20?,21-,22-,23-,24+;13-,14-,15+,16-,18-,19-,20-,21-;/m000./s1. The zero-order valence-corrected chi connectivity index (χ0v) is 55.5. The number of rotatable bonds is 8. The lowest BCUT2D eigenvalue weighted by Crippen LogP contribution is -2.70. The molecule has 2 heterocycles. The van der Waals surface area contributed by atoms with Gasteiger partial charge in [-0.3, -0.25) is 28.8 Å². The number of alkyl halides is 3. The Hall–Kier alpha value is -4.56. The van der Waals surface area contributed by atoms with Crippen LogP contribution in [0.3, 0.4) is 0 Å². The summed E-state index contributed by atoms with van der Waals surface area (Å²) in [7, 11) is 0. The smallest absolute Gasteiger partial charge is 0.193 e. The van der Waals surface area contributed by atoms with Crippen LogP contribution in [0.2, 0.25) is 0 Å². The van der Waals surface area contributed by atoms with Crippen LogP contribution in [0.25, 0.3) is 0 Å². The molecular formula is C72H95F3O19. The van der Waals surface area contributed by atoms with Crippen molar-refractivity contribution in [2.45, 2.75) is 242 Å². The second kappa shape index (κ2) is 23.3. The minimum atomic E-state index is -2.23. The Kier molecular flexibility index (Phi) is 17.5. The van der Waals surface area contributed by atoms with Crippen LogP contribution in [-0.2, 0) is 52.5 Å². The van der Waals surface area contributed by atoms with Gasteiger partial charge >= 0.3 is 0 Å². The van der Waals surface area contributed by atoms with Gasteiger partial charge < -0.3 is 64.6 Å². The number of aldehydes is 1. The van der Waals surface area contributed by atoms with E-state index in [-0.39, 0.29) is 54.9 Å². The number of ketones is 6. The molecule has 25 atom stereocenters. The zero-order valence-electron chi connectivity index (χ0n) is 55.5. The van der Waals surface area contributed by atoms with Gasteiger partial charge in [0.05, 0.1) is 36.6 Å². The lowest BCUT2D eigenvalue weighted by Gasteiger charge is -2.62. The van der Waals surface area contributed by atoms with E-state index in [4.69, 9.17) is 18.9 Å². The van der Waals surface area contributed by atoms with E-state index in [0.29, 0.717) is 69.8 Å². The molecule has 0 amide bonds. The minimum absolute atomic E-state index is 0.0109. The molecule has 0 aromatic heterocycles. The van der Waals surface area contributed by atoms with E-state index in [9.17, 15) is 74.4 Å². The predicted octanol–water partition coefficient (Wildman–Crippen LogP) is 6.05. The predicted molar refractivity (Wildman–Crippen MR) is 330 cm³/mol. The Morgan fingerprint density at radius 1 is 0.521 bits per heavy atom. The molecule has 9 saturated carbocycles. The highest BCUT2D eigenvalue weighted by Crippen LogP contribution is 2.75. The lowest BCUT2D eigenvalue weighted by atomic mass is 9.44. The SMILES string of the molecule is CC1(C)O[C@@H]2C[C@H]3[C@@H]4CCC5=CC(=O)C=C[C@]5(C)[C@@]4(F)[C@@H](O)C[C@]3(C)[C@]2(C(=O)CO)O1.CCC1O[C@@H]2C[C@H]3[C@@H]4CCC5=CC(=O)C=C[C@]5(C)[C@@]4(F)[C@@H](O)C[C@]3(C)[C@]2(C(=O)CO)O1.CCC=O.C[C@]12C=CC(=O)C=C1CC[C@H]1[C@@H]3C[C@@H](O)[C@](O)(C(=O)CO)[C@@]3(C)C[C@H](O)[C@@]12F. The molecule has 8 N–H and O–H groups in total. The van der Waals surface area contributed by atoms with E-state index in [1.165, 1.54) is 42.5 Å². The quantitative estimate of drug-likeness (QED) is 0.128. The number of hydrogen-bond acceptors (Lipinski definition) is 19. The Labute approximate surface area is 546 Å². The van der Waals surface area contributed by atoms with Crippen LogP contribution in [0.5, 0.6) is 0 Å². The third-order valence-electron chi connectivity index (χ3n) is 27.1. The van der Waals surface area contributed by atoms with E-state index < -0.39 is 176 Å². The lowest BCUT2D eigenvalue weighted by molar-refractivity contribution is -0.246. The third-order valence-corrected chi connectivity index (χ3v) is 27.1. The molecule has 14 rings (SSSR count). The van der Waals surface area contributed by atoms with Crippen LogP contribution in [0.15, 0.2) is 71.4 Å². The molecule has 22 heteroatoms. The van der Waals surface area contributed by atoms with Gasteiger partial charge in [-0.05, 0) is 172 Å². The number of carbonyl (C=O) groups excluding carboxylic acids is 7. The topological polar surface area (TPSA) is 318 Å². The van der Waals surface area contributed by atoms with Crippen LogP contribution < -0.4 is 0 Å². The molecule has 0 aromatic rings. The molecule has 0 aromatic carbocycles. The van der Waals surface area contributed by atoms with Gasteiger partial charge in [-0.1, -0.05) is 69.6 Å². The number of fused-ring (bicyclic) bond motifs is 19. The van der Waals surface area contributed by atoms with Crippen molar-refractivity contribution in [2.75, 3.05) is 19.8 Å². The average molecular weight is 1320 g/mol. The fraction of sp³-hybridized carbons (Fsp3) is 0.736. The van der Waals surface area contributed by atoms with Crippen LogP contribution >= 0.6 is 0 Å². The first-order valence-electron chi connectivity index (χ1n) is 33.7. The molecule has 12 aliphatic carbocycles. The van der Waals surface area contributed by atoms with E-state index in [1.807, 2.05) is 27.7 Å². The van der Waals surface area contributed by atoms with Gasteiger partial charge in [-0.15, -0.1) is 0 Å². The molecule has 0 radical (unpaired) electrons. The summed E-state index contributed by atoms with van der Waals surface area (Å²) in [6.45, 7) is 15.4. The maximum Gasteiger partial charge on any atom is 0.193 e. The Morgan fingerprint density at radius 3 is 1.27 bits per heavy atom. The summed E-state index contributed by atoms with van der Waals surface area (Å²) in [5.74, 6) is -6.23. The fourth-order valence-corrected chi connectivity index (χ4v) is 22.6. The normalized spacial score (nSPS) is 50.5. The summed E-state index contributed by atoms with van der Waals surface area (Å²) in [6.07, 6.45) is 11.5. The first-order valence-corrected chi connectivity index (χ1v) is 33.7. The van der Waals surface area contributed by atoms with Gasteiger partial charge in [0, 0.05) is 56.7 Å². The zero-order chi connectivity index (χ0) is 69.1. The van der Waals surface area contributed by atoms with Crippen molar-refractivity contribution in [3.8, 4) is 0 Å². The molecule has 19 nitrogen and oxygen atoms in total. The average Bonchev–Trinajstić information content (AvgIpc) is 1.42. The highest BCUT2D eigenvalue weighted by atomic mass is 19.2. The highest BCUT2D eigenvalue weighted by molar-refractivity contribution is 6.02. The van der Waals surface area contributed by atoms with Crippen molar-refractivity contribution in [2.24, 2.45) is 68.0 Å². The number of ether oxygens (including phenoxy) is 4. The van der Waals surface area contributed by atoms with Crippen LogP contribution in [0.4, 0.5) is 13.2 Å². The minimum Gasteiger partial charge on any atom is -0.390 e. The van der Waals surface area contributed by atoms with Gasteiger partial charge in [-0.25, -0.2) is 13.2 Å². The summed E-state index contributed by atoms with van der Waals surface area (Å²) in [4.78, 5) is 83.5. The van der Waals surface area contributed by atoms with Gasteiger partial charge in [0.1, 0.15) is 26.1 Å². The van der Waals surface area contributed by atoms with E-state index in [2.05, 4.69) is 0 Å². The molecule has 0 spiro atoms. The monoisotopic (exact) mass is 1320 g/mol. The number of aliphatic hydroxyl groups excluding tert-OH is 7. The summed E-state index contributed by atoms with van der Waals surface area (Å²) < 4.78 is 75.7. The fourth-order valence-electron chi connectivity index (χ4n) is 22.6. The molecule has 1 unspecified atom stereocenters. The van der Waals surface area contributed by atoms with Gasteiger partial charge in [0.2, 0.25) is 0 Å². The Balaban J connectivity index is 0.000000140. The number of Topliss-reactive ketones (excluding diaryl/α,β-unsaturated/α-hetero) is 3. The summed E-state index contributed by atoms with van der Waals surface area (Å²) in [5.41, 5.74) is -15.4. The number of allylic oxidation sites excluding steroid dienone is 12. The van der Waals surface area contributed by atoms with Gasteiger partial charge in [-0.2, -0.15) is 0 Å². The molecule has 94 heavy (non-hydrogen) atoms. The molecule has 2 saturated heterocycles. The number of aliphatic hydroxyl groups is 8. The molecule has 11 fully saturated rings. The van der Waals surface area contributed by atoms with E-state index in [1.54, 1.807) is 53.7 Å². The second-order valence-electron chi connectivity index (χ2n) is 31.3. The van der Waals surface area contributed by atoms with Crippen LogP contribution in [0.1, 0.15) is 159 Å². The van der Waals surface area contributed by atoms with Gasteiger partial charge in [0.25, 0.3) is 0 Å². The van der Waals surface area contributed by atoms with Crippen molar-refractivity contribution in [3.63, 3.8) is 0 Å².